The van der Waals surface area contributed by atoms with Crippen LogP contribution in [-0.4, -0.2) is 26.1 Å². The summed E-state index contributed by atoms with van der Waals surface area (Å²) in [6.07, 6.45) is 7.58. The van der Waals surface area contributed by atoms with Crippen LogP contribution in [0.1, 0.15) is 52.4 Å². The normalized spacial score (nSPS) is 9.19. The molecule has 0 aromatic rings. The van der Waals surface area contributed by atoms with E-state index in [2.05, 4.69) is 29.5 Å². The summed E-state index contributed by atoms with van der Waals surface area (Å²) in [6, 6.07) is 0. The Morgan fingerprint density at radius 1 is 0.875 bits per heavy atom. The van der Waals surface area contributed by atoms with E-state index in [1.807, 2.05) is 7.05 Å². The number of hydrogen-bond acceptors (Lipinski definition) is 1. The summed E-state index contributed by atoms with van der Waals surface area (Å²) >= 11 is 0. The molecule has 0 rings (SSSR count). The Morgan fingerprint density at radius 2 is 1.31 bits per heavy atom. The van der Waals surface area contributed by atoms with Crippen LogP contribution >= 0.6 is 24.0 Å². The number of unbranched alkanes of at least 4 members (excludes halogenated alkanes) is 4. The van der Waals surface area contributed by atoms with Gasteiger partial charge in [-0.05, 0) is 12.8 Å². The number of nitrogens with one attached hydrogen (secondary N) is 2. The van der Waals surface area contributed by atoms with Crippen LogP contribution in [0.25, 0.3) is 0 Å². The van der Waals surface area contributed by atoms with Crippen molar-refractivity contribution in [2.24, 2.45) is 4.99 Å². The van der Waals surface area contributed by atoms with E-state index in [-0.39, 0.29) is 24.0 Å². The first kappa shape index (κ1) is 18.4. The first-order chi connectivity index (χ1) is 7.35. The molecule has 0 spiro atoms. The Hall–Kier alpha value is 0. The smallest absolute Gasteiger partial charge is 0.190 e. The number of nitrogens with zero attached hydrogens (tertiary/aromatic N) is 1. The zero-order valence-electron chi connectivity index (χ0n) is 11.0. The van der Waals surface area contributed by atoms with E-state index < -0.39 is 0 Å². The molecule has 0 saturated carbocycles. The minimum atomic E-state index is 0. The van der Waals surface area contributed by atoms with E-state index >= 15 is 0 Å². The quantitative estimate of drug-likeness (QED) is 0.308. The van der Waals surface area contributed by atoms with Crippen LogP contribution in [0.3, 0.4) is 0 Å². The summed E-state index contributed by atoms with van der Waals surface area (Å²) in [5.41, 5.74) is 0. The summed E-state index contributed by atoms with van der Waals surface area (Å²) in [5, 5.41) is 6.64. The lowest BCUT2D eigenvalue weighted by atomic mass is 10.2. The molecule has 0 aromatic carbocycles. The van der Waals surface area contributed by atoms with Gasteiger partial charge in [0.1, 0.15) is 0 Å². The molecule has 0 aliphatic rings. The largest absolute Gasteiger partial charge is 0.356 e. The predicted octanol–water partition coefficient (Wildman–Crippen LogP) is 3.15. The van der Waals surface area contributed by atoms with Crippen LogP contribution in [0.5, 0.6) is 0 Å². The minimum absolute atomic E-state index is 0. The van der Waals surface area contributed by atoms with E-state index in [4.69, 9.17) is 0 Å². The van der Waals surface area contributed by atoms with Gasteiger partial charge in [-0.1, -0.05) is 39.5 Å². The third-order valence-corrected chi connectivity index (χ3v) is 2.37. The highest BCUT2D eigenvalue weighted by atomic mass is 127. The second kappa shape index (κ2) is 15.0. The van der Waals surface area contributed by atoms with Crippen LogP contribution in [0.4, 0.5) is 0 Å². The fraction of sp³-hybridized carbons (Fsp3) is 0.917. The van der Waals surface area contributed by atoms with Crippen molar-refractivity contribution < 1.29 is 0 Å². The van der Waals surface area contributed by atoms with Gasteiger partial charge in [-0.3, -0.25) is 4.99 Å². The maximum atomic E-state index is 4.18. The van der Waals surface area contributed by atoms with Crippen molar-refractivity contribution in [3.63, 3.8) is 0 Å². The van der Waals surface area contributed by atoms with E-state index in [1.165, 1.54) is 38.5 Å². The van der Waals surface area contributed by atoms with Gasteiger partial charge in [0.2, 0.25) is 0 Å². The lowest BCUT2D eigenvalue weighted by molar-refractivity contribution is 0.662. The predicted molar refractivity (Wildman–Crippen MR) is 83.8 cm³/mol. The van der Waals surface area contributed by atoms with E-state index in [0.717, 1.165) is 19.0 Å². The third-order valence-electron chi connectivity index (χ3n) is 2.37. The Kier molecular flexibility index (Phi) is 17.2. The van der Waals surface area contributed by atoms with Gasteiger partial charge in [0, 0.05) is 20.1 Å². The molecule has 0 aliphatic carbocycles. The summed E-state index contributed by atoms with van der Waals surface area (Å²) in [5.74, 6) is 0.946. The molecule has 0 aliphatic heterocycles. The Bertz CT molecular complexity index is 146. The van der Waals surface area contributed by atoms with Gasteiger partial charge in [0.15, 0.2) is 5.96 Å². The summed E-state index contributed by atoms with van der Waals surface area (Å²) < 4.78 is 0. The van der Waals surface area contributed by atoms with Crippen LogP contribution < -0.4 is 10.6 Å². The fourth-order valence-corrected chi connectivity index (χ4v) is 1.38. The number of hydrogen-bond donors (Lipinski definition) is 2. The zero-order valence-corrected chi connectivity index (χ0v) is 13.3. The van der Waals surface area contributed by atoms with Gasteiger partial charge < -0.3 is 10.6 Å². The highest BCUT2D eigenvalue weighted by Gasteiger charge is 1.95. The van der Waals surface area contributed by atoms with Crippen molar-refractivity contribution in [2.75, 3.05) is 20.1 Å². The van der Waals surface area contributed by atoms with Crippen molar-refractivity contribution in [3.05, 3.63) is 0 Å². The summed E-state index contributed by atoms with van der Waals surface area (Å²) in [7, 11) is 1.83. The molecule has 0 unspecified atom stereocenters. The number of rotatable bonds is 8. The van der Waals surface area contributed by atoms with Gasteiger partial charge in [-0.25, -0.2) is 0 Å². The maximum Gasteiger partial charge on any atom is 0.190 e. The first-order valence-electron chi connectivity index (χ1n) is 6.29. The van der Waals surface area contributed by atoms with Gasteiger partial charge in [0.05, 0.1) is 0 Å². The first-order valence-corrected chi connectivity index (χ1v) is 6.29. The van der Waals surface area contributed by atoms with Gasteiger partial charge in [-0.2, -0.15) is 0 Å². The molecule has 4 heteroatoms. The van der Waals surface area contributed by atoms with Gasteiger partial charge in [-0.15, -0.1) is 24.0 Å². The van der Waals surface area contributed by atoms with E-state index in [1.54, 1.807) is 0 Å². The fourth-order valence-electron chi connectivity index (χ4n) is 1.38. The van der Waals surface area contributed by atoms with Crippen LogP contribution in [-0.2, 0) is 0 Å². The molecule has 0 bridgehead atoms. The van der Waals surface area contributed by atoms with Gasteiger partial charge in [0.25, 0.3) is 0 Å². The Balaban J connectivity index is 0. The highest BCUT2D eigenvalue weighted by Crippen LogP contribution is 1.92. The lowest BCUT2D eigenvalue weighted by Gasteiger charge is -2.11. The average Bonchev–Trinajstić information content (AvgIpc) is 2.27. The molecule has 0 atom stereocenters. The van der Waals surface area contributed by atoms with Crippen molar-refractivity contribution in [1.29, 1.82) is 0 Å². The SMILES string of the molecule is CCCCCNC(=NC)NCCCCC.I. The zero-order chi connectivity index (χ0) is 11.4. The van der Waals surface area contributed by atoms with Crippen molar-refractivity contribution >= 4 is 29.9 Å². The molecule has 98 valence electrons. The lowest BCUT2D eigenvalue weighted by Crippen LogP contribution is -2.38. The van der Waals surface area contributed by atoms with E-state index in [9.17, 15) is 0 Å². The molecule has 2 N–H and O–H groups in total. The molecule has 0 amide bonds. The second-order valence-electron chi connectivity index (χ2n) is 3.84. The standard InChI is InChI=1S/C12H27N3.HI/c1-4-6-8-10-14-12(13-3)15-11-9-7-5-2;/h4-11H2,1-3H3,(H2,13,14,15);1H. The van der Waals surface area contributed by atoms with Crippen LogP contribution in [0, 0.1) is 0 Å². The maximum absolute atomic E-state index is 4.18. The van der Waals surface area contributed by atoms with Crippen molar-refractivity contribution in [3.8, 4) is 0 Å². The highest BCUT2D eigenvalue weighted by molar-refractivity contribution is 14.0. The molecule has 0 aromatic heterocycles. The third kappa shape index (κ3) is 12.1. The molecule has 16 heavy (non-hydrogen) atoms. The topological polar surface area (TPSA) is 36.4 Å². The second-order valence-corrected chi connectivity index (χ2v) is 3.84. The number of halogens is 1. The van der Waals surface area contributed by atoms with E-state index in [0.29, 0.717) is 0 Å². The molecule has 0 saturated heterocycles. The summed E-state index contributed by atoms with van der Waals surface area (Å²) in [6.45, 7) is 6.50. The monoisotopic (exact) mass is 341 g/mol. The average molecular weight is 341 g/mol. The Morgan fingerprint density at radius 3 is 1.62 bits per heavy atom. The Labute approximate surface area is 118 Å². The number of guanidine groups is 1. The molecule has 3 nitrogen and oxygen atoms in total. The van der Waals surface area contributed by atoms with Crippen molar-refractivity contribution in [2.45, 2.75) is 52.4 Å². The molecular formula is C12H28IN3. The molecule has 0 radical (unpaired) electrons. The number of aliphatic imine (C=N–C) groups is 1. The van der Waals surface area contributed by atoms with Crippen LogP contribution in [0.15, 0.2) is 4.99 Å². The minimum Gasteiger partial charge on any atom is -0.356 e. The molecule has 0 heterocycles. The summed E-state index contributed by atoms with van der Waals surface area (Å²) in [4.78, 5) is 4.18. The molecular weight excluding hydrogens is 313 g/mol. The van der Waals surface area contributed by atoms with Crippen molar-refractivity contribution in [1.82, 2.24) is 10.6 Å². The van der Waals surface area contributed by atoms with Crippen LogP contribution in [0.2, 0.25) is 0 Å². The molecule has 0 fully saturated rings. The van der Waals surface area contributed by atoms with Gasteiger partial charge >= 0.3 is 0 Å².